The van der Waals surface area contributed by atoms with E-state index in [9.17, 15) is 0 Å². The van der Waals surface area contributed by atoms with Gasteiger partial charge in [-0.1, -0.05) is 164 Å². The van der Waals surface area contributed by atoms with Crippen molar-refractivity contribution in [3.63, 3.8) is 0 Å². The van der Waals surface area contributed by atoms with E-state index in [2.05, 4.69) is 127 Å². The van der Waals surface area contributed by atoms with Gasteiger partial charge in [0.15, 0.2) is 17.5 Å². The molecule has 0 saturated heterocycles. The minimum Gasteiger partial charge on any atom is -0.456 e. The number of ether oxygens (including phenoxy) is 1. The fraction of sp³-hybridized carbons (Fsp3) is 0. The fourth-order valence-corrected chi connectivity index (χ4v) is 7.31. The van der Waals surface area contributed by atoms with Crippen LogP contribution in [0.15, 0.2) is 188 Å². The SMILES string of the molecule is c1ccc(-c2cccc(-c3ccc4c5c(cccc35)-c3ccc(-c5ccc(-c6nc(-c7ccccc7)nc(-c7ccccc7)n6)cc5)cc3O4)c2)cc1. The Morgan fingerprint density at radius 1 is 0.283 bits per heavy atom. The number of hydrogen-bond donors (Lipinski definition) is 0. The van der Waals surface area contributed by atoms with E-state index in [1.165, 1.54) is 33.2 Å². The highest BCUT2D eigenvalue weighted by Gasteiger charge is 2.22. The molecule has 0 amide bonds. The largest absolute Gasteiger partial charge is 0.456 e. The molecule has 4 nitrogen and oxygen atoms in total. The monoisotopic (exact) mass is 677 g/mol. The predicted octanol–water partition coefficient (Wildman–Crippen LogP) is 12.8. The lowest BCUT2D eigenvalue weighted by Gasteiger charge is -2.23. The third-order valence-corrected chi connectivity index (χ3v) is 9.95. The molecule has 4 heteroatoms. The van der Waals surface area contributed by atoms with Gasteiger partial charge in [-0.2, -0.15) is 0 Å². The lowest BCUT2D eigenvalue weighted by molar-refractivity contribution is 0.487. The van der Waals surface area contributed by atoms with Gasteiger partial charge in [0.25, 0.3) is 0 Å². The van der Waals surface area contributed by atoms with Gasteiger partial charge in [-0.25, -0.2) is 15.0 Å². The second kappa shape index (κ2) is 12.9. The van der Waals surface area contributed by atoms with Gasteiger partial charge >= 0.3 is 0 Å². The van der Waals surface area contributed by atoms with Crippen molar-refractivity contribution in [2.75, 3.05) is 0 Å². The first kappa shape index (κ1) is 30.6. The second-order valence-electron chi connectivity index (χ2n) is 13.2. The lowest BCUT2D eigenvalue weighted by atomic mass is 9.89. The first-order chi connectivity index (χ1) is 26.2. The number of benzene rings is 8. The minimum absolute atomic E-state index is 0.633. The first-order valence-electron chi connectivity index (χ1n) is 17.8. The standard InChI is InChI=1S/C49H31N3O/c1-4-12-32(13-5-1)37-18-10-19-39(30-37)40-28-29-44-46-42(40)20-11-21-43(46)41-27-26-38(31-45(41)53-44)33-22-24-36(25-23-33)49-51-47(34-14-6-2-7-15-34)50-48(52-49)35-16-8-3-9-17-35/h1-31H. The van der Waals surface area contributed by atoms with Crippen molar-refractivity contribution in [2.45, 2.75) is 0 Å². The molecule has 1 aliphatic heterocycles. The lowest BCUT2D eigenvalue weighted by Crippen LogP contribution is -2.00. The molecule has 1 aliphatic rings. The highest BCUT2D eigenvalue weighted by molar-refractivity contribution is 6.10. The second-order valence-corrected chi connectivity index (χ2v) is 13.2. The van der Waals surface area contributed by atoms with Crippen molar-refractivity contribution in [1.29, 1.82) is 0 Å². The van der Waals surface area contributed by atoms with Crippen LogP contribution in [0.2, 0.25) is 0 Å². The molecule has 0 atom stereocenters. The van der Waals surface area contributed by atoms with Gasteiger partial charge in [-0.05, 0) is 68.6 Å². The van der Waals surface area contributed by atoms with E-state index in [-0.39, 0.29) is 0 Å². The normalized spacial score (nSPS) is 11.5. The van der Waals surface area contributed by atoms with Gasteiger partial charge in [-0.15, -0.1) is 0 Å². The third kappa shape index (κ3) is 5.63. The number of hydrogen-bond acceptors (Lipinski definition) is 4. The maximum atomic E-state index is 6.67. The summed E-state index contributed by atoms with van der Waals surface area (Å²) in [6.45, 7) is 0. The van der Waals surface area contributed by atoms with Crippen molar-refractivity contribution >= 4 is 10.8 Å². The van der Waals surface area contributed by atoms with E-state index >= 15 is 0 Å². The topological polar surface area (TPSA) is 47.9 Å². The van der Waals surface area contributed by atoms with E-state index in [4.69, 9.17) is 19.7 Å². The zero-order valence-corrected chi connectivity index (χ0v) is 28.6. The highest BCUT2D eigenvalue weighted by Crippen LogP contribution is 2.49. The molecule has 9 aromatic rings. The smallest absolute Gasteiger partial charge is 0.164 e. The van der Waals surface area contributed by atoms with Crippen molar-refractivity contribution in [3.8, 4) is 90.2 Å². The molecular formula is C49H31N3O. The quantitative estimate of drug-likeness (QED) is 0.176. The molecule has 0 bridgehead atoms. The van der Waals surface area contributed by atoms with Gasteiger partial charge in [0.05, 0.1) is 0 Å². The third-order valence-electron chi connectivity index (χ3n) is 9.95. The summed E-state index contributed by atoms with van der Waals surface area (Å²) >= 11 is 0. The molecule has 0 fully saturated rings. The summed E-state index contributed by atoms with van der Waals surface area (Å²) in [7, 11) is 0. The molecule has 53 heavy (non-hydrogen) atoms. The Morgan fingerprint density at radius 2 is 0.755 bits per heavy atom. The molecule has 1 aromatic heterocycles. The van der Waals surface area contributed by atoms with Crippen LogP contribution >= 0.6 is 0 Å². The van der Waals surface area contributed by atoms with E-state index < -0.39 is 0 Å². The van der Waals surface area contributed by atoms with Crippen LogP contribution in [0.1, 0.15) is 0 Å². The molecule has 0 radical (unpaired) electrons. The Morgan fingerprint density at radius 3 is 1.42 bits per heavy atom. The first-order valence-corrected chi connectivity index (χ1v) is 17.8. The van der Waals surface area contributed by atoms with E-state index in [0.717, 1.165) is 50.3 Å². The zero-order valence-electron chi connectivity index (χ0n) is 28.6. The van der Waals surface area contributed by atoms with Crippen LogP contribution in [0.25, 0.3) is 89.4 Å². The predicted molar refractivity (Wildman–Crippen MR) is 215 cm³/mol. The summed E-state index contributed by atoms with van der Waals surface area (Å²) in [5.41, 5.74) is 12.0. The van der Waals surface area contributed by atoms with Gasteiger partial charge in [0.2, 0.25) is 0 Å². The van der Waals surface area contributed by atoms with Crippen LogP contribution < -0.4 is 4.74 Å². The summed E-state index contributed by atoms with van der Waals surface area (Å²) in [5, 5.41) is 2.32. The van der Waals surface area contributed by atoms with Crippen LogP contribution in [0, 0.1) is 0 Å². The van der Waals surface area contributed by atoms with Crippen molar-refractivity contribution < 1.29 is 4.74 Å². The van der Waals surface area contributed by atoms with Crippen LogP contribution in [0.3, 0.4) is 0 Å². The van der Waals surface area contributed by atoms with E-state index in [1.807, 2.05) is 60.7 Å². The number of fused-ring (bicyclic) bond motifs is 2. The van der Waals surface area contributed by atoms with Gasteiger partial charge in [0, 0.05) is 27.6 Å². The highest BCUT2D eigenvalue weighted by atomic mass is 16.5. The average Bonchev–Trinajstić information content (AvgIpc) is 3.24. The van der Waals surface area contributed by atoms with Crippen molar-refractivity contribution in [3.05, 3.63) is 188 Å². The molecule has 248 valence electrons. The fourth-order valence-electron chi connectivity index (χ4n) is 7.31. The van der Waals surface area contributed by atoms with Gasteiger partial charge in [-0.3, -0.25) is 0 Å². The molecule has 0 saturated carbocycles. The average molecular weight is 678 g/mol. The van der Waals surface area contributed by atoms with Crippen molar-refractivity contribution in [2.24, 2.45) is 0 Å². The minimum atomic E-state index is 0.633. The molecule has 2 heterocycles. The summed E-state index contributed by atoms with van der Waals surface area (Å²) in [4.78, 5) is 14.6. The molecule has 10 rings (SSSR count). The van der Waals surface area contributed by atoms with Crippen LogP contribution in [0.4, 0.5) is 0 Å². The van der Waals surface area contributed by atoms with Gasteiger partial charge in [0.1, 0.15) is 11.5 Å². The maximum Gasteiger partial charge on any atom is 0.164 e. The Hall–Kier alpha value is -7.17. The molecular weight excluding hydrogens is 647 g/mol. The molecule has 0 spiro atoms. The Balaban J connectivity index is 0.989. The van der Waals surface area contributed by atoms with E-state index in [0.29, 0.717) is 17.5 Å². The Bertz CT molecular complexity index is 2720. The summed E-state index contributed by atoms with van der Waals surface area (Å²) in [6.07, 6.45) is 0. The van der Waals surface area contributed by atoms with Crippen LogP contribution in [0.5, 0.6) is 11.5 Å². The number of aromatic nitrogens is 3. The molecule has 8 aromatic carbocycles. The maximum absolute atomic E-state index is 6.67. The zero-order chi connectivity index (χ0) is 35.1. The van der Waals surface area contributed by atoms with E-state index in [1.54, 1.807) is 0 Å². The number of nitrogens with zero attached hydrogens (tertiary/aromatic N) is 3. The Labute approximate surface area is 307 Å². The molecule has 0 unspecified atom stereocenters. The molecule has 0 N–H and O–H groups in total. The summed E-state index contributed by atoms with van der Waals surface area (Å²) < 4.78 is 6.67. The van der Waals surface area contributed by atoms with Crippen LogP contribution in [-0.2, 0) is 0 Å². The summed E-state index contributed by atoms with van der Waals surface area (Å²) in [6, 6.07) is 65.2. The Kier molecular flexibility index (Phi) is 7.43. The number of rotatable bonds is 6. The summed E-state index contributed by atoms with van der Waals surface area (Å²) in [5.74, 6) is 3.65. The van der Waals surface area contributed by atoms with Crippen molar-refractivity contribution in [1.82, 2.24) is 15.0 Å². The van der Waals surface area contributed by atoms with Gasteiger partial charge < -0.3 is 4.74 Å². The molecule has 0 aliphatic carbocycles. The van der Waals surface area contributed by atoms with Crippen LogP contribution in [-0.4, -0.2) is 15.0 Å².